The first-order chi connectivity index (χ1) is 12.2. The van der Waals surface area contributed by atoms with E-state index in [0.29, 0.717) is 13.1 Å². The molecule has 0 spiro atoms. The summed E-state index contributed by atoms with van der Waals surface area (Å²) in [5.41, 5.74) is 1.18. The molecule has 1 aromatic heterocycles. The molecule has 3 heterocycles. The number of amides is 1. The topological polar surface area (TPSA) is 55.2 Å². The number of furan rings is 1. The molecule has 132 valence electrons. The molecule has 0 aliphatic carbocycles. The average molecular weight is 342 g/mol. The third-order valence-electron chi connectivity index (χ3n) is 4.88. The molecule has 2 aromatic rings. The maximum atomic E-state index is 12.6. The van der Waals surface area contributed by atoms with Crippen LogP contribution in [0, 0.1) is 0 Å². The first-order valence-corrected chi connectivity index (χ1v) is 8.60. The van der Waals surface area contributed by atoms with Crippen molar-refractivity contribution in [2.45, 2.75) is 25.4 Å². The highest BCUT2D eigenvalue weighted by atomic mass is 16.7. The van der Waals surface area contributed by atoms with Crippen LogP contribution in [0.25, 0.3) is 0 Å². The molecular weight excluding hydrogens is 320 g/mol. The van der Waals surface area contributed by atoms with Crippen molar-refractivity contribution in [2.24, 2.45) is 0 Å². The Labute approximate surface area is 146 Å². The van der Waals surface area contributed by atoms with Crippen LogP contribution in [0.3, 0.4) is 0 Å². The number of carbonyl (C=O) groups is 1. The number of likely N-dealkylation sites (N-methyl/N-ethyl adjacent to an activating group) is 1. The van der Waals surface area contributed by atoms with Gasteiger partial charge in [-0.2, -0.15) is 0 Å². The summed E-state index contributed by atoms with van der Waals surface area (Å²) in [5, 5.41) is 0. The van der Waals surface area contributed by atoms with E-state index in [1.807, 2.05) is 31.3 Å². The molecule has 0 radical (unpaired) electrons. The molecular formula is C19H22N2O4. The van der Waals surface area contributed by atoms with Crippen molar-refractivity contribution in [1.29, 1.82) is 0 Å². The molecule has 1 atom stereocenters. The first-order valence-electron chi connectivity index (χ1n) is 8.60. The van der Waals surface area contributed by atoms with E-state index < -0.39 is 0 Å². The van der Waals surface area contributed by atoms with Crippen molar-refractivity contribution in [3.05, 3.63) is 47.9 Å². The smallest absolute Gasteiger partial charge is 0.236 e. The maximum absolute atomic E-state index is 12.6. The number of benzene rings is 1. The van der Waals surface area contributed by atoms with Crippen molar-refractivity contribution in [1.82, 2.24) is 9.80 Å². The molecule has 1 fully saturated rings. The zero-order valence-corrected chi connectivity index (χ0v) is 14.3. The lowest BCUT2D eigenvalue weighted by Gasteiger charge is -2.26. The summed E-state index contributed by atoms with van der Waals surface area (Å²) in [7, 11) is 1.82. The Hall–Kier alpha value is -2.47. The number of carbonyl (C=O) groups excluding carboxylic acids is 1. The van der Waals surface area contributed by atoms with E-state index in [2.05, 4.69) is 11.0 Å². The fourth-order valence-corrected chi connectivity index (χ4v) is 3.53. The number of likely N-dealkylation sites (tertiary alicyclic amines) is 1. The van der Waals surface area contributed by atoms with Gasteiger partial charge < -0.3 is 18.8 Å². The Morgan fingerprint density at radius 2 is 2.16 bits per heavy atom. The minimum Gasteiger partial charge on any atom is -0.467 e. The van der Waals surface area contributed by atoms with E-state index in [1.54, 1.807) is 11.2 Å². The van der Waals surface area contributed by atoms with E-state index in [9.17, 15) is 4.79 Å². The Morgan fingerprint density at radius 1 is 1.28 bits per heavy atom. The number of ether oxygens (including phenoxy) is 2. The van der Waals surface area contributed by atoms with E-state index in [0.717, 1.165) is 36.6 Å². The highest BCUT2D eigenvalue weighted by Crippen LogP contribution is 2.38. The predicted octanol–water partition coefficient (Wildman–Crippen LogP) is 2.80. The van der Waals surface area contributed by atoms with E-state index in [4.69, 9.17) is 13.9 Å². The van der Waals surface area contributed by atoms with Crippen LogP contribution in [0.2, 0.25) is 0 Å². The second-order valence-corrected chi connectivity index (χ2v) is 6.57. The van der Waals surface area contributed by atoms with Gasteiger partial charge in [0.25, 0.3) is 0 Å². The van der Waals surface area contributed by atoms with Crippen LogP contribution in [0.5, 0.6) is 11.5 Å². The van der Waals surface area contributed by atoms with Gasteiger partial charge in [0.05, 0.1) is 19.4 Å². The van der Waals surface area contributed by atoms with Crippen molar-refractivity contribution >= 4 is 5.91 Å². The van der Waals surface area contributed by atoms with Crippen LogP contribution >= 0.6 is 0 Å². The number of nitrogens with zero attached hydrogens (tertiary/aromatic N) is 2. The fraction of sp³-hybridized carbons (Fsp3) is 0.421. The molecule has 1 aromatic carbocycles. The monoisotopic (exact) mass is 342 g/mol. The van der Waals surface area contributed by atoms with Crippen LogP contribution in [-0.2, 0) is 11.3 Å². The van der Waals surface area contributed by atoms with E-state index in [-0.39, 0.29) is 18.7 Å². The summed E-state index contributed by atoms with van der Waals surface area (Å²) in [5.74, 6) is 2.49. The minimum absolute atomic E-state index is 0.101. The van der Waals surface area contributed by atoms with Gasteiger partial charge in [0.15, 0.2) is 11.5 Å². The number of rotatable bonds is 5. The van der Waals surface area contributed by atoms with Gasteiger partial charge in [-0.1, -0.05) is 6.07 Å². The standard InChI is InChI=1S/C19H22N2O4/c1-20(11-15-4-3-9-23-15)19(22)12-21-8-2-5-16(21)14-6-7-17-18(10-14)25-13-24-17/h3-4,6-7,9-10,16H,2,5,8,11-13H2,1H3/t16-/m0/s1. The summed E-state index contributed by atoms with van der Waals surface area (Å²) in [4.78, 5) is 16.6. The van der Waals surface area contributed by atoms with Gasteiger partial charge in [0.1, 0.15) is 5.76 Å². The molecule has 4 rings (SSSR count). The molecule has 0 saturated carbocycles. The largest absolute Gasteiger partial charge is 0.467 e. The second-order valence-electron chi connectivity index (χ2n) is 6.57. The Morgan fingerprint density at radius 3 is 3.00 bits per heavy atom. The summed E-state index contributed by atoms with van der Waals surface area (Å²) < 4.78 is 16.2. The highest BCUT2D eigenvalue weighted by molar-refractivity contribution is 5.78. The van der Waals surface area contributed by atoms with Crippen LogP contribution in [0.15, 0.2) is 41.0 Å². The van der Waals surface area contributed by atoms with Gasteiger partial charge in [-0.15, -0.1) is 0 Å². The summed E-state index contributed by atoms with van der Waals surface area (Å²) in [6.45, 7) is 2.12. The lowest BCUT2D eigenvalue weighted by molar-refractivity contribution is -0.132. The zero-order valence-electron chi connectivity index (χ0n) is 14.3. The second kappa shape index (κ2) is 6.80. The Bertz CT molecular complexity index is 744. The van der Waals surface area contributed by atoms with Gasteiger partial charge in [-0.25, -0.2) is 0 Å². The summed E-state index contributed by atoms with van der Waals surface area (Å²) in [6, 6.07) is 10.0. The van der Waals surface area contributed by atoms with Gasteiger partial charge in [0.2, 0.25) is 12.7 Å². The van der Waals surface area contributed by atoms with Crippen LogP contribution in [0.1, 0.15) is 30.2 Å². The minimum atomic E-state index is 0.101. The van der Waals surface area contributed by atoms with E-state index >= 15 is 0 Å². The van der Waals surface area contributed by atoms with Gasteiger partial charge in [0, 0.05) is 13.1 Å². The van der Waals surface area contributed by atoms with Gasteiger partial charge >= 0.3 is 0 Å². The predicted molar refractivity (Wildman–Crippen MR) is 91.3 cm³/mol. The molecule has 0 N–H and O–H groups in total. The van der Waals surface area contributed by atoms with Crippen molar-refractivity contribution in [2.75, 3.05) is 26.9 Å². The van der Waals surface area contributed by atoms with Crippen LogP contribution in [0.4, 0.5) is 0 Å². The van der Waals surface area contributed by atoms with Crippen molar-refractivity contribution in [3.8, 4) is 11.5 Å². The molecule has 6 nitrogen and oxygen atoms in total. The van der Waals surface area contributed by atoms with Gasteiger partial charge in [-0.05, 0) is 49.2 Å². The first kappa shape index (κ1) is 16.0. The fourth-order valence-electron chi connectivity index (χ4n) is 3.53. The molecule has 25 heavy (non-hydrogen) atoms. The van der Waals surface area contributed by atoms with Crippen LogP contribution < -0.4 is 9.47 Å². The summed E-state index contributed by atoms with van der Waals surface area (Å²) in [6.07, 6.45) is 3.77. The van der Waals surface area contributed by atoms with Crippen LogP contribution in [-0.4, -0.2) is 42.6 Å². The normalized spacial score (nSPS) is 19.3. The number of hydrogen-bond acceptors (Lipinski definition) is 5. The lowest BCUT2D eigenvalue weighted by atomic mass is 10.0. The van der Waals surface area contributed by atoms with Crippen molar-refractivity contribution in [3.63, 3.8) is 0 Å². The third-order valence-corrected chi connectivity index (χ3v) is 4.88. The molecule has 0 bridgehead atoms. The number of hydrogen-bond donors (Lipinski definition) is 0. The van der Waals surface area contributed by atoms with Gasteiger partial charge in [-0.3, -0.25) is 9.69 Å². The zero-order chi connectivity index (χ0) is 17.2. The SMILES string of the molecule is CN(Cc1ccco1)C(=O)CN1CCC[C@H]1c1ccc2c(c1)OCO2. The molecule has 2 aliphatic heterocycles. The molecule has 2 aliphatic rings. The quantitative estimate of drug-likeness (QED) is 0.836. The molecule has 6 heteroatoms. The van der Waals surface area contributed by atoms with E-state index in [1.165, 1.54) is 5.56 Å². The Balaban J connectivity index is 1.42. The molecule has 1 saturated heterocycles. The highest BCUT2D eigenvalue weighted by Gasteiger charge is 2.29. The molecule has 1 amide bonds. The lowest BCUT2D eigenvalue weighted by Crippen LogP contribution is -2.37. The molecule has 0 unspecified atom stereocenters. The Kier molecular flexibility index (Phi) is 4.36. The average Bonchev–Trinajstić information content (AvgIpc) is 3.35. The van der Waals surface area contributed by atoms with Crippen molar-refractivity contribution < 1.29 is 18.7 Å². The maximum Gasteiger partial charge on any atom is 0.236 e. The third kappa shape index (κ3) is 3.35. The number of fused-ring (bicyclic) bond motifs is 1. The summed E-state index contributed by atoms with van der Waals surface area (Å²) >= 11 is 0.